The van der Waals surface area contributed by atoms with Gasteiger partial charge in [0.25, 0.3) is 0 Å². The summed E-state index contributed by atoms with van der Waals surface area (Å²) in [7, 11) is 0. The van der Waals surface area contributed by atoms with Crippen molar-refractivity contribution in [3.05, 3.63) is 75.7 Å². The van der Waals surface area contributed by atoms with Crippen LogP contribution in [0.25, 0.3) is 0 Å². The fraction of sp³-hybridized carbons (Fsp3) is 0.150. The Bertz CT molecular complexity index is 951. The summed E-state index contributed by atoms with van der Waals surface area (Å²) in [4.78, 5) is 30.6. The van der Waals surface area contributed by atoms with Crippen LogP contribution in [0.4, 0.5) is 11.4 Å². The average molecular weight is 365 g/mol. The highest BCUT2D eigenvalue weighted by Gasteiger charge is 2.15. The topological polar surface area (TPSA) is 76.3 Å². The van der Waals surface area contributed by atoms with E-state index < -0.39 is 5.91 Å². The summed E-state index contributed by atoms with van der Waals surface area (Å²) >= 11 is 1.57. The first kappa shape index (κ1) is 17.8. The van der Waals surface area contributed by atoms with E-state index in [-0.39, 0.29) is 5.78 Å². The van der Waals surface area contributed by atoms with Gasteiger partial charge in [-0.3, -0.25) is 14.6 Å². The summed E-state index contributed by atoms with van der Waals surface area (Å²) in [6.45, 7) is 4.03. The smallest absolute Gasteiger partial charge is 0.248 e. The van der Waals surface area contributed by atoms with Gasteiger partial charge in [0.2, 0.25) is 5.91 Å². The van der Waals surface area contributed by atoms with Crippen LogP contribution in [0.2, 0.25) is 0 Å². The van der Waals surface area contributed by atoms with Gasteiger partial charge in [0.1, 0.15) is 0 Å². The first-order valence-corrected chi connectivity index (χ1v) is 9.00. The monoisotopic (exact) mass is 365 g/mol. The molecule has 1 heterocycles. The highest BCUT2D eigenvalue weighted by Crippen LogP contribution is 2.30. The summed E-state index contributed by atoms with van der Waals surface area (Å²) < 4.78 is 0. The molecule has 0 aliphatic carbocycles. The Balaban J connectivity index is 2.06. The van der Waals surface area contributed by atoms with Crippen molar-refractivity contribution < 1.29 is 9.59 Å². The van der Waals surface area contributed by atoms with Crippen LogP contribution in [0, 0.1) is 6.92 Å². The van der Waals surface area contributed by atoms with Gasteiger partial charge in [-0.15, -0.1) is 11.3 Å². The summed E-state index contributed by atoms with van der Waals surface area (Å²) in [5.74, 6) is -0.425. The van der Waals surface area contributed by atoms with E-state index in [1.807, 2.05) is 43.5 Å². The second-order valence-corrected chi connectivity index (χ2v) is 6.99. The van der Waals surface area contributed by atoms with Gasteiger partial charge in [-0.25, -0.2) is 0 Å². The minimum absolute atomic E-state index is 0.0184. The molecular weight excluding hydrogens is 346 g/mol. The molecule has 1 aromatic heterocycles. The lowest BCUT2D eigenvalue weighted by Gasteiger charge is -2.25. The molecule has 0 aliphatic rings. The highest BCUT2D eigenvalue weighted by molar-refractivity contribution is 7.09. The minimum Gasteiger partial charge on any atom is -0.366 e. The standard InChI is InChI=1S/C20H19N3O2S/c1-13-8-17(6-7-19(13)20(21)25)23(11-18-10-22-12-26-18)16-5-3-4-15(9-16)14(2)24/h3-10,12H,11H2,1-2H3,(H2,21,25). The van der Waals surface area contributed by atoms with Crippen molar-refractivity contribution in [2.45, 2.75) is 20.4 Å². The van der Waals surface area contributed by atoms with Gasteiger partial charge >= 0.3 is 0 Å². The van der Waals surface area contributed by atoms with E-state index in [4.69, 9.17) is 5.73 Å². The molecule has 0 unspecified atom stereocenters. The van der Waals surface area contributed by atoms with E-state index in [9.17, 15) is 9.59 Å². The number of nitrogens with two attached hydrogens (primary N) is 1. The molecule has 0 atom stereocenters. The van der Waals surface area contributed by atoms with Crippen molar-refractivity contribution in [1.29, 1.82) is 0 Å². The van der Waals surface area contributed by atoms with Gasteiger partial charge in [0.05, 0.1) is 12.1 Å². The van der Waals surface area contributed by atoms with Crippen LogP contribution in [0.5, 0.6) is 0 Å². The van der Waals surface area contributed by atoms with Gasteiger partial charge in [0, 0.05) is 33.6 Å². The van der Waals surface area contributed by atoms with Crippen LogP contribution in [0.15, 0.2) is 54.2 Å². The molecule has 6 heteroatoms. The van der Waals surface area contributed by atoms with Gasteiger partial charge in [-0.2, -0.15) is 0 Å². The Morgan fingerprint density at radius 3 is 2.54 bits per heavy atom. The zero-order valence-corrected chi connectivity index (χ0v) is 15.4. The summed E-state index contributed by atoms with van der Waals surface area (Å²) in [6, 6.07) is 13.1. The SMILES string of the molecule is CC(=O)c1cccc(N(Cc2cncs2)c2ccc(C(N)=O)c(C)c2)c1. The molecule has 3 rings (SSSR count). The number of carbonyl (C=O) groups is 2. The maximum Gasteiger partial charge on any atom is 0.248 e. The predicted molar refractivity (Wildman–Crippen MR) is 104 cm³/mol. The molecule has 0 radical (unpaired) electrons. The van der Waals surface area contributed by atoms with Gasteiger partial charge in [0.15, 0.2) is 5.78 Å². The molecule has 1 amide bonds. The third-order valence-electron chi connectivity index (χ3n) is 4.15. The highest BCUT2D eigenvalue weighted by atomic mass is 32.1. The number of aromatic nitrogens is 1. The van der Waals surface area contributed by atoms with Crippen molar-refractivity contribution in [2.24, 2.45) is 5.73 Å². The molecule has 26 heavy (non-hydrogen) atoms. The number of Topliss-reactive ketones (excluding diaryl/α,β-unsaturated/α-hetero) is 1. The average Bonchev–Trinajstić information content (AvgIpc) is 3.12. The van der Waals surface area contributed by atoms with Crippen molar-refractivity contribution in [3.63, 3.8) is 0 Å². The minimum atomic E-state index is -0.443. The van der Waals surface area contributed by atoms with Crippen LogP contribution in [-0.4, -0.2) is 16.7 Å². The van der Waals surface area contributed by atoms with E-state index in [2.05, 4.69) is 9.88 Å². The molecule has 0 fully saturated rings. The van der Waals surface area contributed by atoms with Crippen LogP contribution in [0.1, 0.15) is 38.1 Å². The first-order valence-electron chi connectivity index (χ1n) is 8.12. The van der Waals surface area contributed by atoms with Crippen molar-refractivity contribution >= 4 is 34.4 Å². The molecule has 0 saturated carbocycles. The van der Waals surface area contributed by atoms with E-state index in [1.165, 1.54) is 0 Å². The fourth-order valence-corrected chi connectivity index (χ4v) is 3.38. The van der Waals surface area contributed by atoms with E-state index in [1.54, 1.807) is 35.9 Å². The second kappa shape index (κ2) is 7.49. The van der Waals surface area contributed by atoms with Crippen molar-refractivity contribution in [3.8, 4) is 0 Å². The predicted octanol–water partition coefficient (Wildman–Crippen LogP) is 4.09. The quantitative estimate of drug-likeness (QED) is 0.668. The lowest BCUT2D eigenvalue weighted by molar-refractivity contribution is 0.0995. The number of carbonyl (C=O) groups excluding carboxylic acids is 2. The Hall–Kier alpha value is -2.99. The molecule has 0 saturated heterocycles. The van der Waals surface area contributed by atoms with Crippen LogP contribution in [-0.2, 0) is 6.54 Å². The zero-order chi connectivity index (χ0) is 18.7. The normalized spacial score (nSPS) is 10.5. The van der Waals surface area contributed by atoms with Crippen LogP contribution >= 0.6 is 11.3 Å². The third-order valence-corrected chi connectivity index (χ3v) is 4.91. The summed E-state index contributed by atoms with van der Waals surface area (Å²) in [5, 5.41) is 0. The lowest BCUT2D eigenvalue weighted by atomic mass is 10.1. The van der Waals surface area contributed by atoms with Gasteiger partial charge in [-0.05, 0) is 49.7 Å². The lowest BCUT2D eigenvalue weighted by Crippen LogP contribution is -2.18. The number of rotatable bonds is 6. The molecule has 0 spiro atoms. The number of hydrogen-bond acceptors (Lipinski definition) is 5. The summed E-state index contributed by atoms with van der Waals surface area (Å²) in [5.41, 5.74) is 11.0. The zero-order valence-electron chi connectivity index (χ0n) is 14.6. The molecular formula is C20H19N3O2S. The summed E-state index contributed by atoms with van der Waals surface area (Å²) in [6.07, 6.45) is 1.83. The molecule has 0 bridgehead atoms. The molecule has 2 aromatic carbocycles. The van der Waals surface area contributed by atoms with E-state index >= 15 is 0 Å². The van der Waals surface area contributed by atoms with E-state index in [0.29, 0.717) is 17.7 Å². The number of ketones is 1. The van der Waals surface area contributed by atoms with Gasteiger partial charge < -0.3 is 10.6 Å². The van der Waals surface area contributed by atoms with Crippen molar-refractivity contribution in [1.82, 2.24) is 4.98 Å². The number of nitrogens with zero attached hydrogens (tertiary/aromatic N) is 2. The fourth-order valence-electron chi connectivity index (χ4n) is 2.79. The number of amides is 1. The number of aryl methyl sites for hydroxylation is 1. The largest absolute Gasteiger partial charge is 0.366 e. The Kier molecular flexibility index (Phi) is 5.14. The van der Waals surface area contributed by atoms with Crippen molar-refractivity contribution in [2.75, 3.05) is 4.90 Å². The van der Waals surface area contributed by atoms with Crippen LogP contribution < -0.4 is 10.6 Å². The Morgan fingerprint density at radius 1 is 1.15 bits per heavy atom. The number of benzene rings is 2. The maximum absolute atomic E-state index is 11.8. The second-order valence-electron chi connectivity index (χ2n) is 6.02. The first-order chi connectivity index (χ1) is 12.5. The third kappa shape index (κ3) is 3.81. The molecule has 3 aromatic rings. The Labute approximate surface area is 156 Å². The molecule has 5 nitrogen and oxygen atoms in total. The van der Waals surface area contributed by atoms with Crippen LogP contribution in [0.3, 0.4) is 0 Å². The molecule has 132 valence electrons. The molecule has 2 N–H and O–H groups in total. The number of thiazole rings is 1. The number of anilines is 2. The number of hydrogen-bond donors (Lipinski definition) is 1. The maximum atomic E-state index is 11.8. The Morgan fingerprint density at radius 2 is 1.92 bits per heavy atom. The molecule has 0 aliphatic heterocycles. The van der Waals surface area contributed by atoms with E-state index in [0.717, 1.165) is 21.8 Å². The van der Waals surface area contributed by atoms with Gasteiger partial charge in [-0.1, -0.05) is 12.1 Å². The number of primary amides is 1.